The molecule has 0 amide bonds. The first-order chi connectivity index (χ1) is 9.15. The quantitative estimate of drug-likeness (QED) is 0.889. The maximum atomic E-state index is 12.5. The summed E-state index contributed by atoms with van der Waals surface area (Å²) in [6.07, 6.45) is 3.20. The van der Waals surface area contributed by atoms with E-state index in [0.29, 0.717) is 11.5 Å². The van der Waals surface area contributed by atoms with Crippen LogP contribution in [0.3, 0.4) is 0 Å². The molecule has 0 atom stereocenters. The third-order valence-electron chi connectivity index (χ3n) is 2.85. The maximum Gasteiger partial charge on any atom is 0.246 e. The summed E-state index contributed by atoms with van der Waals surface area (Å²) < 4.78 is 28.9. The molecule has 0 saturated carbocycles. The largest absolute Gasteiger partial charge is 0.347 e. The first kappa shape index (κ1) is 15.0. The van der Waals surface area contributed by atoms with E-state index in [1.165, 1.54) is 4.68 Å². The predicted molar refractivity (Wildman–Crippen MR) is 74.9 cm³/mol. The molecule has 2 N–H and O–H groups in total. The Morgan fingerprint density at radius 3 is 2.55 bits per heavy atom. The van der Waals surface area contributed by atoms with E-state index in [-0.39, 0.29) is 10.0 Å². The number of nitrogens with zero attached hydrogens (tertiary/aromatic N) is 3. The SMILES string of the molecule is Cc1nn(C)c(Cl)c1S(=O)(=O)NC(C)(C)c1ncc[nH]1. The van der Waals surface area contributed by atoms with E-state index in [0.717, 1.165) is 0 Å². The minimum atomic E-state index is -3.81. The highest BCUT2D eigenvalue weighted by Crippen LogP contribution is 2.27. The number of nitrogens with one attached hydrogen (secondary N) is 2. The normalized spacial score (nSPS) is 12.8. The first-order valence-corrected chi connectivity index (χ1v) is 7.74. The molecule has 2 aromatic heterocycles. The van der Waals surface area contributed by atoms with Crippen molar-refractivity contribution in [1.29, 1.82) is 0 Å². The maximum absolute atomic E-state index is 12.5. The summed E-state index contributed by atoms with van der Waals surface area (Å²) in [6, 6.07) is 0. The predicted octanol–water partition coefficient (Wildman–Crippen LogP) is 1.32. The first-order valence-electron chi connectivity index (χ1n) is 5.88. The van der Waals surface area contributed by atoms with Crippen LogP contribution in [0.2, 0.25) is 5.15 Å². The smallest absolute Gasteiger partial charge is 0.246 e. The van der Waals surface area contributed by atoms with E-state index in [4.69, 9.17) is 11.6 Å². The van der Waals surface area contributed by atoms with Crippen molar-refractivity contribution in [2.24, 2.45) is 7.05 Å². The van der Waals surface area contributed by atoms with Crippen LogP contribution < -0.4 is 4.72 Å². The number of aromatic nitrogens is 4. The zero-order valence-corrected chi connectivity index (χ0v) is 13.2. The van der Waals surface area contributed by atoms with Gasteiger partial charge < -0.3 is 4.98 Å². The number of aryl methyl sites for hydroxylation is 2. The second-order valence-electron chi connectivity index (χ2n) is 5.00. The lowest BCUT2D eigenvalue weighted by Crippen LogP contribution is -2.42. The molecule has 0 unspecified atom stereocenters. The molecule has 2 heterocycles. The van der Waals surface area contributed by atoms with E-state index in [2.05, 4.69) is 19.8 Å². The molecule has 0 bridgehead atoms. The van der Waals surface area contributed by atoms with Gasteiger partial charge in [-0.3, -0.25) is 4.68 Å². The van der Waals surface area contributed by atoms with Crippen LogP contribution in [0, 0.1) is 6.92 Å². The summed E-state index contributed by atoms with van der Waals surface area (Å²) in [4.78, 5) is 6.96. The lowest BCUT2D eigenvalue weighted by molar-refractivity contribution is 0.450. The number of aromatic amines is 1. The zero-order chi connectivity index (χ0) is 15.1. The van der Waals surface area contributed by atoms with Gasteiger partial charge in [0.05, 0.1) is 11.2 Å². The average molecular weight is 318 g/mol. The third kappa shape index (κ3) is 2.58. The van der Waals surface area contributed by atoms with E-state index < -0.39 is 15.6 Å². The van der Waals surface area contributed by atoms with Gasteiger partial charge in [0.2, 0.25) is 10.0 Å². The Bertz CT molecular complexity index is 718. The van der Waals surface area contributed by atoms with Crippen LogP contribution in [-0.4, -0.2) is 28.2 Å². The summed E-state index contributed by atoms with van der Waals surface area (Å²) in [5.74, 6) is 0.513. The van der Waals surface area contributed by atoms with Gasteiger partial charge in [-0.1, -0.05) is 11.6 Å². The molecule has 0 aromatic carbocycles. The van der Waals surface area contributed by atoms with Crippen LogP contribution in [0.25, 0.3) is 0 Å². The van der Waals surface area contributed by atoms with E-state index >= 15 is 0 Å². The second kappa shape index (κ2) is 4.87. The minimum absolute atomic E-state index is 0.0127. The molecule has 0 fully saturated rings. The van der Waals surface area contributed by atoms with Crippen LogP contribution in [0.1, 0.15) is 25.4 Å². The summed E-state index contributed by atoms with van der Waals surface area (Å²) in [7, 11) is -2.22. The Morgan fingerprint density at radius 2 is 2.10 bits per heavy atom. The molecule has 7 nitrogen and oxygen atoms in total. The molecule has 0 aliphatic rings. The molecule has 110 valence electrons. The molecule has 0 saturated heterocycles. The van der Waals surface area contributed by atoms with Crippen molar-refractivity contribution in [2.45, 2.75) is 31.2 Å². The van der Waals surface area contributed by atoms with Crippen LogP contribution in [0.4, 0.5) is 0 Å². The molecule has 2 aromatic rings. The molecule has 20 heavy (non-hydrogen) atoms. The van der Waals surface area contributed by atoms with Gasteiger partial charge in [-0.2, -0.15) is 9.82 Å². The lowest BCUT2D eigenvalue weighted by atomic mass is 10.1. The van der Waals surface area contributed by atoms with Crippen molar-refractivity contribution in [3.05, 3.63) is 29.1 Å². The number of H-pyrrole nitrogens is 1. The fourth-order valence-corrected chi connectivity index (χ4v) is 4.09. The fraction of sp³-hybridized carbons (Fsp3) is 0.455. The summed E-state index contributed by atoms with van der Waals surface area (Å²) >= 11 is 6.01. The molecular formula is C11H16ClN5O2S. The van der Waals surface area contributed by atoms with Crippen molar-refractivity contribution in [2.75, 3.05) is 0 Å². The van der Waals surface area contributed by atoms with Crippen molar-refractivity contribution in [3.8, 4) is 0 Å². The highest BCUT2D eigenvalue weighted by atomic mass is 35.5. The van der Waals surface area contributed by atoms with Gasteiger partial charge in [-0.15, -0.1) is 0 Å². The second-order valence-corrected chi connectivity index (χ2v) is 6.97. The highest BCUT2D eigenvalue weighted by Gasteiger charge is 2.33. The van der Waals surface area contributed by atoms with Crippen molar-refractivity contribution in [1.82, 2.24) is 24.5 Å². The van der Waals surface area contributed by atoms with Crippen molar-refractivity contribution < 1.29 is 8.42 Å². The van der Waals surface area contributed by atoms with E-state index in [9.17, 15) is 8.42 Å². The number of rotatable bonds is 4. The third-order valence-corrected chi connectivity index (χ3v) is 5.20. The van der Waals surface area contributed by atoms with Gasteiger partial charge in [0, 0.05) is 19.4 Å². The van der Waals surface area contributed by atoms with Crippen LogP contribution in [0.15, 0.2) is 17.3 Å². The summed E-state index contributed by atoms with van der Waals surface area (Å²) in [5.41, 5.74) is -0.547. The topological polar surface area (TPSA) is 92.7 Å². The number of hydrogen-bond acceptors (Lipinski definition) is 4. The summed E-state index contributed by atoms with van der Waals surface area (Å²) in [6.45, 7) is 5.02. The lowest BCUT2D eigenvalue weighted by Gasteiger charge is -2.23. The van der Waals surface area contributed by atoms with Crippen LogP contribution >= 0.6 is 11.6 Å². The van der Waals surface area contributed by atoms with Gasteiger partial charge in [0.1, 0.15) is 15.9 Å². The number of halogens is 1. The zero-order valence-electron chi connectivity index (χ0n) is 11.6. The summed E-state index contributed by atoms with van der Waals surface area (Å²) in [5, 5.41) is 4.09. The molecular weight excluding hydrogens is 302 g/mol. The Hall–Kier alpha value is -1.38. The highest BCUT2D eigenvalue weighted by molar-refractivity contribution is 7.89. The minimum Gasteiger partial charge on any atom is -0.347 e. The van der Waals surface area contributed by atoms with Gasteiger partial charge in [-0.25, -0.2) is 13.4 Å². The van der Waals surface area contributed by atoms with Crippen LogP contribution in [-0.2, 0) is 22.6 Å². The Kier molecular flexibility index (Phi) is 3.66. The van der Waals surface area contributed by atoms with Gasteiger partial charge in [0.15, 0.2) is 0 Å². The molecule has 0 spiro atoms. The van der Waals surface area contributed by atoms with Crippen LogP contribution in [0.5, 0.6) is 0 Å². The number of hydrogen-bond donors (Lipinski definition) is 2. The molecule has 0 aliphatic carbocycles. The number of sulfonamides is 1. The Labute approximate surface area is 122 Å². The molecule has 0 aliphatic heterocycles. The molecule has 9 heteroatoms. The van der Waals surface area contributed by atoms with Gasteiger partial charge >= 0.3 is 0 Å². The number of imidazole rings is 1. The van der Waals surface area contributed by atoms with Gasteiger partial charge in [0.25, 0.3) is 0 Å². The standard InChI is InChI=1S/C11H16ClN5O2S/c1-7-8(9(12)17(4)15-7)20(18,19)16-11(2,3)10-13-5-6-14-10/h5-6,16H,1-4H3,(H,13,14). The monoisotopic (exact) mass is 317 g/mol. The van der Waals surface area contributed by atoms with Crippen molar-refractivity contribution in [3.63, 3.8) is 0 Å². The Balaban J connectivity index is 2.42. The fourth-order valence-electron chi connectivity index (χ4n) is 1.96. The van der Waals surface area contributed by atoms with E-state index in [1.54, 1.807) is 40.2 Å². The average Bonchev–Trinajstić information content (AvgIpc) is 2.87. The molecule has 2 rings (SSSR count). The molecule has 0 radical (unpaired) electrons. The van der Waals surface area contributed by atoms with Gasteiger partial charge in [-0.05, 0) is 20.8 Å². The Morgan fingerprint density at radius 1 is 1.45 bits per heavy atom. The van der Waals surface area contributed by atoms with Crippen molar-refractivity contribution >= 4 is 21.6 Å². The van der Waals surface area contributed by atoms with E-state index in [1.807, 2.05) is 0 Å².